The number of benzene rings is 1. The Labute approximate surface area is 148 Å². The molecule has 1 fully saturated rings. The van der Waals surface area contributed by atoms with E-state index < -0.39 is 0 Å². The van der Waals surface area contributed by atoms with Crippen molar-refractivity contribution in [3.63, 3.8) is 0 Å². The third kappa shape index (κ3) is 5.29. The van der Waals surface area contributed by atoms with Crippen LogP contribution in [0.2, 0.25) is 0 Å². The molecule has 0 radical (unpaired) electrons. The number of likely N-dealkylation sites (N-methyl/N-ethyl adjacent to an activating group) is 1. The summed E-state index contributed by atoms with van der Waals surface area (Å²) < 4.78 is 0. The predicted octanol–water partition coefficient (Wildman–Crippen LogP) is 1.05. The first-order valence-corrected chi connectivity index (χ1v) is 8.46. The molecule has 2 rings (SSSR count). The van der Waals surface area contributed by atoms with Crippen LogP contribution in [0.3, 0.4) is 0 Å². The monoisotopic (exact) mass is 346 g/mol. The van der Waals surface area contributed by atoms with Crippen molar-refractivity contribution in [2.24, 2.45) is 0 Å². The van der Waals surface area contributed by atoms with Crippen molar-refractivity contribution in [3.05, 3.63) is 35.4 Å². The highest BCUT2D eigenvalue weighted by Gasteiger charge is 2.27. The average molecular weight is 346 g/mol. The van der Waals surface area contributed by atoms with Crippen molar-refractivity contribution in [1.29, 1.82) is 0 Å². The summed E-state index contributed by atoms with van der Waals surface area (Å²) >= 11 is 0. The number of urea groups is 1. The number of aryl methyl sites for hydroxylation is 1. The Kier molecular flexibility index (Phi) is 6.52. The molecule has 1 atom stereocenters. The van der Waals surface area contributed by atoms with Gasteiger partial charge in [0.15, 0.2) is 0 Å². The lowest BCUT2D eigenvalue weighted by molar-refractivity contribution is -0.126. The lowest BCUT2D eigenvalue weighted by atomic mass is 10.0. The predicted molar refractivity (Wildman–Crippen MR) is 95.0 cm³/mol. The molecule has 1 aliphatic heterocycles. The lowest BCUT2D eigenvalue weighted by Gasteiger charge is -2.25. The highest BCUT2D eigenvalue weighted by Crippen LogP contribution is 2.18. The molecule has 0 aromatic heterocycles. The molecule has 1 heterocycles. The van der Waals surface area contributed by atoms with Crippen LogP contribution < -0.4 is 10.6 Å². The third-order valence-electron chi connectivity index (χ3n) is 4.30. The molecule has 1 aromatic rings. The summed E-state index contributed by atoms with van der Waals surface area (Å²) in [6.45, 7) is 2.87. The average Bonchev–Trinajstić information content (AvgIpc) is 2.88. The molecule has 1 aromatic carbocycles. The fraction of sp³-hybridized carbons (Fsp3) is 0.500. The summed E-state index contributed by atoms with van der Waals surface area (Å²) in [6.07, 6.45) is 0.743. The van der Waals surface area contributed by atoms with Gasteiger partial charge < -0.3 is 15.5 Å². The summed E-state index contributed by atoms with van der Waals surface area (Å²) in [5.74, 6) is -0.316. The Morgan fingerprint density at radius 3 is 2.52 bits per heavy atom. The van der Waals surface area contributed by atoms with E-state index in [1.54, 1.807) is 0 Å². The first-order chi connectivity index (χ1) is 11.9. The summed E-state index contributed by atoms with van der Waals surface area (Å²) in [7, 11) is 3.96. The van der Waals surface area contributed by atoms with Crippen molar-refractivity contribution in [1.82, 2.24) is 20.4 Å². The molecule has 1 unspecified atom stereocenters. The number of carbonyl (C=O) groups excluding carboxylic acids is 3. The van der Waals surface area contributed by atoms with Gasteiger partial charge in [0.25, 0.3) is 0 Å². The lowest BCUT2D eigenvalue weighted by Crippen LogP contribution is -2.35. The zero-order chi connectivity index (χ0) is 18.4. The summed E-state index contributed by atoms with van der Waals surface area (Å²) in [5.41, 5.74) is 2.35. The maximum Gasteiger partial charge on any atom is 0.324 e. The molecule has 0 aliphatic carbocycles. The Morgan fingerprint density at radius 2 is 1.96 bits per heavy atom. The van der Waals surface area contributed by atoms with E-state index in [2.05, 4.69) is 39.8 Å². The molecule has 2 N–H and O–H groups in total. The summed E-state index contributed by atoms with van der Waals surface area (Å²) in [5, 5.41) is 5.40. The quantitative estimate of drug-likeness (QED) is 0.689. The van der Waals surface area contributed by atoms with Crippen LogP contribution in [-0.4, -0.2) is 61.4 Å². The van der Waals surface area contributed by atoms with Crippen molar-refractivity contribution in [2.75, 3.05) is 33.7 Å². The Bertz CT molecular complexity index is 612. The maximum absolute atomic E-state index is 12.1. The van der Waals surface area contributed by atoms with E-state index in [0.29, 0.717) is 13.0 Å². The number of amides is 4. The Morgan fingerprint density at radius 1 is 1.28 bits per heavy atom. The Balaban J connectivity index is 1.78. The number of carbonyl (C=O) groups is 3. The number of hydrogen-bond donors (Lipinski definition) is 2. The van der Waals surface area contributed by atoms with E-state index in [1.165, 1.54) is 5.56 Å². The van der Waals surface area contributed by atoms with Crippen LogP contribution in [0.1, 0.15) is 30.0 Å². The molecule has 0 bridgehead atoms. The van der Waals surface area contributed by atoms with E-state index in [-0.39, 0.29) is 43.4 Å². The summed E-state index contributed by atoms with van der Waals surface area (Å²) in [4.78, 5) is 38.2. The molecule has 1 aliphatic rings. The second-order valence-electron chi connectivity index (χ2n) is 6.50. The number of hydrogen-bond acceptors (Lipinski definition) is 4. The van der Waals surface area contributed by atoms with E-state index in [0.717, 1.165) is 10.5 Å². The number of nitrogens with one attached hydrogen (secondary N) is 2. The minimum atomic E-state index is -0.377. The van der Waals surface area contributed by atoms with Gasteiger partial charge in [0, 0.05) is 19.5 Å². The molecule has 0 spiro atoms. The highest BCUT2D eigenvalue weighted by molar-refractivity contribution is 6.01. The molecule has 1 saturated heterocycles. The van der Waals surface area contributed by atoms with Crippen molar-refractivity contribution < 1.29 is 14.4 Å². The molecular weight excluding hydrogens is 320 g/mol. The van der Waals surface area contributed by atoms with Gasteiger partial charge in [0.05, 0.1) is 12.6 Å². The Hall–Kier alpha value is -2.41. The largest absolute Gasteiger partial charge is 0.354 e. The SMILES string of the molecule is Cc1ccc(C(CNC(=O)CCCN2C(=O)CNC2=O)N(C)C)cc1. The van der Waals surface area contributed by atoms with E-state index in [4.69, 9.17) is 0 Å². The molecule has 25 heavy (non-hydrogen) atoms. The molecule has 7 nitrogen and oxygen atoms in total. The van der Waals surface area contributed by atoms with E-state index in [9.17, 15) is 14.4 Å². The van der Waals surface area contributed by atoms with Gasteiger partial charge in [0.2, 0.25) is 11.8 Å². The van der Waals surface area contributed by atoms with Gasteiger partial charge in [-0.05, 0) is 33.0 Å². The van der Waals surface area contributed by atoms with Crippen molar-refractivity contribution in [3.8, 4) is 0 Å². The molecule has 7 heteroatoms. The van der Waals surface area contributed by atoms with Crippen LogP contribution in [0.25, 0.3) is 0 Å². The second-order valence-corrected chi connectivity index (χ2v) is 6.50. The van der Waals surface area contributed by atoms with Crippen LogP contribution in [-0.2, 0) is 9.59 Å². The maximum atomic E-state index is 12.1. The van der Waals surface area contributed by atoms with Crippen LogP contribution in [0, 0.1) is 6.92 Å². The van der Waals surface area contributed by atoms with Gasteiger partial charge in [-0.2, -0.15) is 0 Å². The topological polar surface area (TPSA) is 81.8 Å². The minimum absolute atomic E-state index is 0.0477. The van der Waals surface area contributed by atoms with E-state index in [1.807, 2.05) is 21.0 Å². The van der Waals surface area contributed by atoms with Gasteiger partial charge in [-0.15, -0.1) is 0 Å². The zero-order valence-corrected chi connectivity index (χ0v) is 15.0. The number of rotatable bonds is 8. The zero-order valence-electron chi connectivity index (χ0n) is 15.0. The first-order valence-electron chi connectivity index (χ1n) is 8.46. The van der Waals surface area contributed by atoms with Crippen LogP contribution in [0.5, 0.6) is 0 Å². The molecule has 4 amide bonds. The van der Waals surface area contributed by atoms with Crippen LogP contribution in [0.15, 0.2) is 24.3 Å². The molecular formula is C18H26N4O3. The highest BCUT2D eigenvalue weighted by atomic mass is 16.2. The fourth-order valence-corrected chi connectivity index (χ4v) is 2.77. The van der Waals surface area contributed by atoms with Crippen molar-refractivity contribution >= 4 is 17.8 Å². The molecule has 136 valence electrons. The number of nitrogens with zero attached hydrogens (tertiary/aromatic N) is 2. The van der Waals surface area contributed by atoms with Crippen LogP contribution >= 0.6 is 0 Å². The third-order valence-corrected chi connectivity index (χ3v) is 4.30. The minimum Gasteiger partial charge on any atom is -0.354 e. The normalized spacial score (nSPS) is 15.4. The van der Waals surface area contributed by atoms with Gasteiger partial charge in [-0.3, -0.25) is 14.5 Å². The van der Waals surface area contributed by atoms with Crippen molar-refractivity contribution in [2.45, 2.75) is 25.8 Å². The smallest absolute Gasteiger partial charge is 0.324 e. The van der Waals surface area contributed by atoms with Gasteiger partial charge in [0.1, 0.15) is 0 Å². The van der Waals surface area contributed by atoms with Gasteiger partial charge in [-0.25, -0.2) is 4.79 Å². The fourth-order valence-electron chi connectivity index (χ4n) is 2.77. The second kappa shape index (κ2) is 8.62. The number of imide groups is 1. The van der Waals surface area contributed by atoms with Crippen LogP contribution in [0.4, 0.5) is 4.79 Å². The first kappa shape index (κ1) is 18.9. The van der Waals surface area contributed by atoms with Gasteiger partial charge in [-0.1, -0.05) is 29.8 Å². The van der Waals surface area contributed by atoms with Gasteiger partial charge >= 0.3 is 6.03 Å². The molecule has 0 saturated carbocycles. The van der Waals surface area contributed by atoms with E-state index >= 15 is 0 Å². The summed E-state index contributed by atoms with van der Waals surface area (Å²) in [6, 6.07) is 7.98. The standard InChI is InChI=1S/C18H26N4O3/c1-13-6-8-14(9-7-13)15(21(2)3)11-19-16(23)5-4-10-22-17(24)12-20-18(22)25/h6-9,15H,4-5,10-12H2,1-3H3,(H,19,23)(H,20,25).